The Morgan fingerprint density at radius 2 is 2.12 bits per heavy atom. The van der Waals surface area contributed by atoms with Crippen molar-refractivity contribution < 1.29 is 5.11 Å². The quantitative estimate of drug-likeness (QED) is 0.531. The van der Waals surface area contributed by atoms with Crippen LogP contribution in [-0.2, 0) is 0 Å². The van der Waals surface area contributed by atoms with Crippen LogP contribution in [0.5, 0.6) is 5.88 Å². The van der Waals surface area contributed by atoms with Crippen molar-refractivity contribution in [2.24, 2.45) is 0 Å². The zero-order valence-electron chi connectivity index (χ0n) is 3.73. The molecule has 0 spiro atoms. The van der Waals surface area contributed by atoms with Crippen molar-refractivity contribution in [2.75, 3.05) is 0 Å². The van der Waals surface area contributed by atoms with E-state index < -0.39 is 5.69 Å². The van der Waals surface area contributed by atoms with Gasteiger partial charge >= 0.3 is 5.69 Å². The van der Waals surface area contributed by atoms with Gasteiger partial charge in [-0.1, -0.05) is 0 Å². The predicted octanol–water partition coefficient (Wildman–Crippen LogP) is 0.171. The van der Waals surface area contributed by atoms with Crippen LogP contribution in [0.25, 0.3) is 0 Å². The first kappa shape index (κ1) is 5.43. The molecule has 0 amide bonds. The predicted molar refractivity (Wildman–Crippen MR) is 30.8 cm³/mol. The number of H-pyrrole nitrogens is 2. The molecule has 1 heterocycles. The third kappa shape index (κ3) is 0.764. The van der Waals surface area contributed by atoms with Gasteiger partial charge in [-0.15, -0.1) is 0 Å². The average molecular weight is 179 g/mol. The molecule has 0 unspecified atom stereocenters. The molecule has 1 aromatic heterocycles. The molecule has 0 aliphatic rings. The second-order valence-corrected chi connectivity index (χ2v) is 2.03. The maximum Gasteiger partial charge on any atom is 0.326 e. The molecule has 1 aromatic rings. The van der Waals surface area contributed by atoms with Crippen LogP contribution in [0.15, 0.2) is 9.40 Å². The van der Waals surface area contributed by atoms with Crippen LogP contribution in [-0.4, -0.2) is 15.1 Å². The molecule has 3 N–H and O–H groups in total. The van der Waals surface area contributed by atoms with Crippen LogP contribution in [0.2, 0.25) is 0 Å². The molecule has 0 aliphatic heterocycles. The van der Waals surface area contributed by atoms with E-state index in [2.05, 4.69) is 25.9 Å². The molecule has 1 rings (SSSR count). The number of hydrogen-bond acceptors (Lipinski definition) is 2. The van der Waals surface area contributed by atoms with Gasteiger partial charge in [-0.2, -0.15) is 0 Å². The maximum absolute atomic E-state index is 10.2. The van der Waals surface area contributed by atoms with Gasteiger partial charge in [0.05, 0.1) is 0 Å². The van der Waals surface area contributed by atoms with Gasteiger partial charge in [0.2, 0.25) is 5.88 Å². The Labute approximate surface area is 52.7 Å². The summed E-state index contributed by atoms with van der Waals surface area (Å²) in [7, 11) is 0. The standard InChI is InChI=1S/C3H3BrN2O2/c4-1-2(7)6-3(8)5-1/h7H,(H2,5,6,8). The minimum absolute atomic E-state index is 0.171. The smallest absolute Gasteiger partial charge is 0.326 e. The van der Waals surface area contributed by atoms with E-state index in [-0.39, 0.29) is 10.5 Å². The lowest BCUT2D eigenvalue weighted by Gasteiger charge is -1.76. The molecule has 5 heteroatoms. The summed E-state index contributed by atoms with van der Waals surface area (Å²) in [5, 5.41) is 8.61. The van der Waals surface area contributed by atoms with E-state index in [1.54, 1.807) is 0 Å². The Bertz CT molecular complexity index is 215. The van der Waals surface area contributed by atoms with Crippen LogP contribution in [0.1, 0.15) is 0 Å². The summed E-state index contributed by atoms with van der Waals surface area (Å²) in [4.78, 5) is 14.6. The second kappa shape index (κ2) is 1.66. The van der Waals surface area contributed by atoms with Gasteiger partial charge in [0, 0.05) is 0 Å². The normalized spacial score (nSPS) is 9.62. The first-order valence-electron chi connectivity index (χ1n) is 1.87. The Morgan fingerprint density at radius 3 is 2.25 bits per heavy atom. The number of rotatable bonds is 0. The molecule has 0 atom stereocenters. The summed E-state index contributed by atoms with van der Waals surface area (Å²) in [5.41, 5.74) is -0.422. The molecule has 8 heavy (non-hydrogen) atoms. The maximum atomic E-state index is 10.2. The number of aromatic hydroxyl groups is 1. The van der Waals surface area contributed by atoms with E-state index in [0.29, 0.717) is 0 Å². The minimum atomic E-state index is -0.422. The van der Waals surface area contributed by atoms with E-state index in [9.17, 15) is 4.79 Å². The summed E-state index contributed by atoms with van der Waals surface area (Å²) in [6, 6.07) is 0. The highest BCUT2D eigenvalue weighted by Crippen LogP contribution is 2.13. The number of hydrogen-bond donors (Lipinski definition) is 3. The molecular weight excluding hydrogens is 176 g/mol. The average Bonchev–Trinajstić information content (AvgIpc) is 1.85. The summed E-state index contributed by atoms with van der Waals surface area (Å²) < 4.78 is 0.280. The Balaban J connectivity index is 3.35. The van der Waals surface area contributed by atoms with Gasteiger partial charge in [0.15, 0.2) is 0 Å². The van der Waals surface area contributed by atoms with E-state index >= 15 is 0 Å². The molecule has 0 radical (unpaired) electrons. The van der Waals surface area contributed by atoms with Crippen molar-refractivity contribution >= 4 is 15.9 Å². The highest BCUT2D eigenvalue weighted by Gasteiger charge is 1.97. The van der Waals surface area contributed by atoms with Gasteiger partial charge in [-0.25, -0.2) is 4.79 Å². The molecule has 0 aliphatic carbocycles. The Hall–Kier alpha value is -0.710. The summed E-state index contributed by atoms with van der Waals surface area (Å²) in [5.74, 6) is -0.171. The van der Waals surface area contributed by atoms with Gasteiger partial charge < -0.3 is 5.11 Å². The van der Waals surface area contributed by atoms with Gasteiger partial charge in [-0.3, -0.25) is 9.97 Å². The molecule has 0 bridgehead atoms. The SMILES string of the molecule is O=c1[nH]c(O)c(Br)[nH]1. The van der Waals surface area contributed by atoms with Crippen LogP contribution in [0.3, 0.4) is 0 Å². The summed E-state index contributed by atoms with van der Waals surface area (Å²) in [6.45, 7) is 0. The molecule has 0 saturated carbocycles. The number of nitrogens with one attached hydrogen (secondary N) is 2. The van der Waals surface area contributed by atoms with Crippen molar-refractivity contribution in [2.45, 2.75) is 0 Å². The van der Waals surface area contributed by atoms with Crippen LogP contribution >= 0.6 is 15.9 Å². The van der Waals surface area contributed by atoms with E-state index in [0.717, 1.165) is 0 Å². The second-order valence-electron chi connectivity index (χ2n) is 1.24. The molecule has 0 fully saturated rings. The zero-order chi connectivity index (χ0) is 6.15. The van der Waals surface area contributed by atoms with E-state index in [1.165, 1.54) is 0 Å². The number of aromatic amines is 2. The van der Waals surface area contributed by atoms with Crippen LogP contribution < -0.4 is 5.69 Å². The monoisotopic (exact) mass is 178 g/mol. The number of imidazole rings is 1. The van der Waals surface area contributed by atoms with Crippen LogP contribution in [0.4, 0.5) is 0 Å². The van der Waals surface area contributed by atoms with E-state index in [1.807, 2.05) is 0 Å². The van der Waals surface area contributed by atoms with Crippen molar-refractivity contribution in [3.8, 4) is 5.88 Å². The Morgan fingerprint density at radius 1 is 1.50 bits per heavy atom. The fraction of sp³-hybridized carbons (Fsp3) is 0. The first-order valence-corrected chi connectivity index (χ1v) is 2.66. The topological polar surface area (TPSA) is 68.9 Å². The van der Waals surface area contributed by atoms with Crippen LogP contribution in [0, 0.1) is 0 Å². The molecule has 0 aromatic carbocycles. The third-order valence-corrected chi connectivity index (χ3v) is 1.24. The Kier molecular flexibility index (Phi) is 1.13. The lowest BCUT2D eigenvalue weighted by molar-refractivity contribution is 0.452. The number of halogens is 1. The fourth-order valence-corrected chi connectivity index (χ4v) is 0.632. The first-order chi connectivity index (χ1) is 3.70. The van der Waals surface area contributed by atoms with Gasteiger partial charge in [0.1, 0.15) is 4.60 Å². The van der Waals surface area contributed by atoms with Gasteiger partial charge in [-0.05, 0) is 15.9 Å². The minimum Gasteiger partial charge on any atom is -0.493 e. The van der Waals surface area contributed by atoms with Gasteiger partial charge in [0.25, 0.3) is 0 Å². The summed E-state index contributed by atoms with van der Waals surface area (Å²) >= 11 is 2.88. The van der Waals surface area contributed by atoms with Crippen molar-refractivity contribution in [1.82, 2.24) is 9.97 Å². The largest absolute Gasteiger partial charge is 0.493 e. The lowest BCUT2D eigenvalue weighted by Crippen LogP contribution is -1.99. The highest BCUT2D eigenvalue weighted by molar-refractivity contribution is 9.10. The number of aromatic nitrogens is 2. The summed E-state index contributed by atoms with van der Waals surface area (Å²) in [6.07, 6.45) is 0. The zero-order valence-corrected chi connectivity index (χ0v) is 5.32. The molecule has 0 saturated heterocycles. The van der Waals surface area contributed by atoms with E-state index in [4.69, 9.17) is 5.11 Å². The van der Waals surface area contributed by atoms with Crippen molar-refractivity contribution in [3.05, 3.63) is 15.1 Å². The third-order valence-electron chi connectivity index (χ3n) is 0.663. The van der Waals surface area contributed by atoms with Crippen molar-refractivity contribution in [1.29, 1.82) is 0 Å². The lowest BCUT2D eigenvalue weighted by atomic mass is 10.9. The molecule has 44 valence electrons. The van der Waals surface area contributed by atoms with Crippen molar-refractivity contribution in [3.63, 3.8) is 0 Å². The molecule has 4 nitrogen and oxygen atoms in total. The highest BCUT2D eigenvalue weighted by atomic mass is 79.9. The fourth-order valence-electron chi connectivity index (χ4n) is 0.353. The molecular formula is C3H3BrN2O2.